The highest BCUT2D eigenvalue weighted by molar-refractivity contribution is 5.99. The number of aromatic nitrogens is 5. The van der Waals surface area contributed by atoms with Crippen molar-refractivity contribution in [1.29, 1.82) is 0 Å². The molecule has 4 rings (SSSR count). The SMILES string of the molecule is CC[C@H](C)[C@H](NC(=O)c1cnn2cccnc12)c1nc2ccccc2[nH]1. The van der Waals surface area contributed by atoms with E-state index in [1.54, 1.807) is 29.2 Å². The van der Waals surface area contributed by atoms with E-state index in [2.05, 4.69) is 39.2 Å². The van der Waals surface area contributed by atoms with E-state index in [0.29, 0.717) is 11.2 Å². The second kappa shape index (κ2) is 6.59. The zero-order valence-electron chi connectivity index (χ0n) is 14.7. The average molecular weight is 348 g/mol. The number of carbonyl (C=O) groups excluding carboxylic acids is 1. The van der Waals surface area contributed by atoms with E-state index in [0.717, 1.165) is 23.3 Å². The third-order valence-electron chi connectivity index (χ3n) is 4.73. The van der Waals surface area contributed by atoms with E-state index in [9.17, 15) is 4.79 Å². The number of imidazole rings is 1. The number of aromatic amines is 1. The predicted octanol–water partition coefficient (Wildman–Crippen LogP) is 3.12. The summed E-state index contributed by atoms with van der Waals surface area (Å²) in [7, 11) is 0. The standard InChI is InChI=1S/C19H20N6O/c1-3-12(2)16(17-22-14-7-4-5-8-15(14)23-17)24-19(26)13-11-21-25-10-6-9-20-18(13)25/h4-12,16H,3H2,1-2H3,(H,22,23)(H,24,26)/t12-,16-/m0/s1. The molecule has 0 aliphatic carbocycles. The third kappa shape index (κ3) is 2.81. The Labute approximate surface area is 150 Å². The molecule has 3 heterocycles. The fraction of sp³-hybridized carbons (Fsp3) is 0.263. The number of hydrogen-bond acceptors (Lipinski definition) is 4. The summed E-state index contributed by atoms with van der Waals surface area (Å²) in [6.07, 6.45) is 5.88. The number of para-hydroxylation sites is 2. The molecule has 0 bridgehead atoms. The molecule has 0 aliphatic rings. The van der Waals surface area contributed by atoms with Crippen molar-refractivity contribution in [3.05, 3.63) is 60.3 Å². The smallest absolute Gasteiger partial charge is 0.257 e. The van der Waals surface area contributed by atoms with Crippen LogP contribution in [0.25, 0.3) is 16.7 Å². The highest BCUT2D eigenvalue weighted by Gasteiger charge is 2.25. The molecule has 0 aliphatic heterocycles. The average Bonchev–Trinajstić information content (AvgIpc) is 3.29. The van der Waals surface area contributed by atoms with Crippen molar-refractivity contribution in [3.63, 3.8) is 0 Å². The van der Waals surface area contributed by atoms with Gasteiger partial charge in [-0.3, -0.25) is 4.79 Å². The maximum absolute atomic E-state index is 12.9. The van der Waals surface area contributed by atoms with E-state index in [1.807, 2.05) is 24.3 Å². The van der Waals surface area contributed by atoms with Gasteiger partial charge in [-0.15, -0.1) is 0 Å². The Bertz CT molecular complexity index is 1030. The minimum absolute atomic E-state index is 0.204. The Hall–Kier alpha value is -3.22. The number of amides is 1. The molecule has 0 saturated heterocycles. The maximum Gasteiger partial charge on any atom is 0.257 e. The molecule has 1 amide bonds. The van der Waals surface area contributed by atoms with Crippen LogP contribution in [0.5, 0.6) is 0 Å². The van der Waals surface area contributed by atoms with Crippen molar-refractivity contribution >= 4 is 22.6 Å². The molecule has 3 aromatic heterocycles. The van der Waals surface area contributed by atoms with Crippen LogP contribution in [0.2, 0.25) is 0 Å². The fourth-order valence-corrected chi connectivity index (χ4v) is 3.04. The lowest BCUT2D eigenvalue weighted by atomic mass is 9.98. The monoisotopic (exact) mass is 348 g/mol. The van der Waals surface area contributed by atoms with Gasteiger partial charge >= 0.3 is 0 Å². The molecule has 2 N–H and O–H groups in total. The largest absolute Gasteiger partial charge is 0.342 e. The lowest BCUT2D eigenvalue weighted by Crippen LogP contribution is -2.33. The maximum atomic E-state index is 12.9. The van der Waals surface area contributed by atoms with Crippen LogP contribution in [0.4, 0.5) is 0 Å². The lowest BCUT2D eigenvalue weighted by molar-refractivity contribution is 0.0922. The highest BCUT2D eigenvalue weighted by Crippen LogP contribution is 2.25. The number of nitrogens with zero attached hydrogens (tertiary/aromatic N) is 4. The van der Waals surface area contributed by atoms with E-state index < -0.39 is 0 Å². The summed E-state index contributed by atoms with van der Waals surface area (Å²) < 4.78 is 1.59. The molecule has 132 valence electrons. The first-order valence-corrected chi connectivity index (χ1v) is 8.71. The number of rotatable bonds is 5. The third-order valence-corrected chi connectivity index (χ3v) is 4.73. The van der Waals surface area contributed by atoms with Gasteiger partial charge in [0, 0.05) is 12.4 Å². The summed E-state index contributed by atoms with van der Waals surface area (Å²) in [6.45, 7) is 4.20. The van der Waals surface area contributed by atoms with E-state index in [1.165, 1.54) is 0 Å². The van der Waals surface area contributed by atoms with Gasteiger partial charge in [0.25, 0.3) is 5.91 Å². The Balaban J connectivity index is 1.68. The number of benzene rings is 1. The molecule has 7 heteroatoms. The molecule has 7 nitrogen and oxygen atoms in total. The van der Waals surface area contributed by atoms with Crippen molar-refractivity contribution < 1.29 is 4.79 Å². The molecule has 0 radical (unpaired) electrons. The number of H-pyrrole nitrogens is 1. The number of fused-ring (bicyclic) bond motifs is 2. The van der Waals surface area contributed by atoms with Gasteiger partial charge in [0.1, 0.15) is 11.4 Å². The Kier molecular flexibility index (Phi) is 4.12. The molecule has 0 spiro atoms. The van der Waals surface area contributed by atoms with Crippen molar-refractivity contribution in [1.82, 2.24) is 29.9 Å². The van der Waals surface area contributed by atoms with E-state index >= 15 is 0 Å². The number of carbonyl (C=O) groups is 1. The predicted molar refractivity (Wildman–Crippen MR) is 98.7 cm³/mol. The summed E-state index contributed by atoms with van der Waals surface area (Å²) >= 11 is 0. The van der Waals surface area contributed by atoms with E-state index in [-0.39, 0.29) is 17.9 Å². The zero-order chi connectivity index (χ0) is 18.1. The molecule has 0 saturated carbocycles. The van der Waals surface area contributed by atoms with Crippen LogP contribution in [-0.4, -0.2) is 30.5 Å². The Morgan fingerprint density at radius 1 is 1.31 bits per heavy atom. The van der Waals surface area contributed by atoms with Crippen molar-refractivity contribution in [2.75, 3.05) is 0 Å². The van der Waals surface area contributed by atoms with Crippen LogP contribution in [0.1, 0.15) is 42.5 Å². The zero-order valence-corrected chi connectivity index (χ0v) is 14.7. The first-order chi connectivity index (χ1) is 12.7. The number of nitrogens with one attached hydrogen (secondary N) is 2. The Morgan fingerprint density at radius 3 is 2.96 bits per heavy atom. The van der Waals surface area contributed by atoms with Gasteiger partial charge in [-0.25, -0.2) is 14.5 Å². The van der Waals surface area contributed by atoms with Gasteiger partial charge in [0.15, 0.2) is 5.65 Å². The van der Waals surface area contributed by atoms with Gasteiger partial charge in [0.2, 0.25) is 0 Å². The molecule has 4 aromatic rings. The quantitative estimate of drug-likeness (QED) is 0.580. The highest BCUT2D eigenvalue weighted by atomic mass is 16.1. The first kappa shape index (κ1) is 16.3. The molecule has 0 fully saturated rings. The Morgan fingerprint density at radius 2 is 2.15 bits per heavy atom. The summed E-state index contributed by atoms with van der Waals surface area (Å²) in [5.41, 5.74) is 2.85. The minimum Gasteiger partial charge on any atom is -0.342 e. The summed E-state index contributed by atoms with van der Waals surface area (Å²) in [5, 5.41) is 7.30. The van der Waals surface area contributed by atoms with E-state index in [4.69, 9.17) is 0 Å². The van der Waals surface area contributed by atoms with Crippen LogP contribution < -0.4 is 5.32 Å². The van der Waals surface area contributed by atoms with Crippen LogP contribution in [-0.2, 0) is 0 Å². The molecular weight excluding hydrogens is 328 g/mol. The van der Waals surface area contributed by atoms with Crippen molar-refractivity contribution in [3.8, 4) is 0 Å². The molecule has 2 atom stereocenters. The molecule has 0 unspecified atom stereocenters. The van der Waals surface area contributed by atoms with Crippen LogP contribution >= 0.6 is 0 Å². The van der Waals surface area contributed by atoms with Crippen LogP contribution in [0.15, 0.2) is 48.9 Å². The summed E-state index contributed by atoms with van der Waals surface area (Å²) in [6, 6.07) is 9.41. The first-order valence-electron chi connectivity index (χ1n) is 8.71. The fourth-order valence-electron chi connectivity index (χ4n) is 3.04. The normalized spacial score (nSPS) is 13.8. The van der Waals surface area contributed by atoms with Gasteiger partial charge in [-0.2, -0.15) is 5.10 Å². The lowest BCUT2D eigenvalue weighted by Gasteiger charge is -2.22. The van der Waals surface area contributed by atoms with Gasteiger partial charge in [-0.05, 0) is 24.1 Å². The minimum atomic E-state index is -0.224. The van der Waals surface area contributed by atoms with Gasteiger partial charge < -0.3 is 10.3 Å². The van der Waals surface area contributed by atoms with Gasteiger partial charge in [0.05, 0.1) is 23.3 Å². The number of hydrogen-bond donors (Lipinski definition) is 2. The van der Waals surface area contributed by atoms with Crippen LogP contribution in [0, 0.1) is 5.92 Å². The molecular formula is C19H20N6O. The van der Waals surface area contributed by atoms with Gasteiger partial charge in [-0.1, -0.05) is 32.4 Å². The van der Waals surface area contributed by atoms with Crippen molar-refractivity contribution in [2.45, 2.75) is 26.3 Å². The second-order valence-electron chi connectivity index (χ2n) is 6.42. The molecule has 26 heavy (non-hydrogen) atoms. The topological polar surface area (TPSA) is 88.0 Å². The second-order valence-corrected chi connectivity index (χ2v) is 6.42. The molecule has 1 aromatic carbocycles. The van der Waals surface area contributed by atoms with Crippen molar-refractivity contribution in [2.24, 2.45) is 5.92 Å². The van der Waals surface area contributed by atoms with Crippen LogP contribution in [0.3, 0.4) is 0 Å². The summed E-state index contributed by atoms with van der Waals surface area (Å²) in [5.74, 6) is 0.775. The summed E-state index contributed by atoms with van der Waals surface area (Å²) in [4.78, 5) is 25.2.